The lowest BCUT2D eigenvalue weighted by atomic mass is 10.1. The van der Waals surface area contributed by atoms with Crippen molar-refractivity contribution in [3.05, 3.63) is 23.8 Å². The van der Waals surface area contributed by atoms with Gasteiger partial charge in [0.15, 0.2) is 11.5 Å². The third kappa shape index (κ3) is 5.42. The third-order valence-corrected chi connectivity index (χ3v) is 2.11. The highest BCUT2D eigenvalue weighted by molar-refractivity contribution is 5.85. The Bertz CT molecular complexity index is 372. The molecule has 0 aliphatic rings. The standard InChI is InChI=1S/C11H16N2O3.ClH/c1-12-7-11(16)13-5-4-8-2-3-9(14)10(15)6-8;/h2-3,6,12,14-15H,4-5,7H2,1H3,(H,13,16);1H. The van der Waals surface area contributed by atoms with Crippen LogP contribution < -0.4 is 10.6 Å². The number of nitrogens with one attached hydrogen (secondary N) is 2. The van der Waals surface area contributed by atoms with Crippen molar-refractivity contribution >= 4 is 18.3 Å². The first kappa shape index (κ1) is 15.5. The molecule has 0 spiro atoms. The molecule has 6 heteroatoms. The minimum atomic E-state index is -0.140. The lowest BCUT2D eigenvalue weighted by Crippen LogP contribution is -2.33. The summed E-state index contributed by atoms with van der Waals surface area (Å²) in [6.07, 6.45) is 0.614. The molecule has 0 aliphatic carbocycles. The topological polar surface area (TPSA) is 81.6 Å². The molecular weight excluding hydrogens is 244 g/mol. The number of hydrogen-bond acceptors (Lipinski definition) is 4. The number of likely N-dealkylation sites (N-methyl/N-ethyl adjacent to an activating group) is 1. The molecular formula is C11H17ClN2O3. The van der Waals surface area contributed by atoms with Gasteiger partial charge in [0, 0.05) is 6.54 Å². The van der Waals surface area contributed by atoms with Gasteiger partial charge in [-0.05, 0) is 31.2 Å². The molecule has 1 amide bonds. The number of benzene rings is 1. The number of phenols is 2. The van der Waals surface area contributed by atoms with Crippen molar-refractivity contribution in [2.24, 2.45) is 0 Å². The smallest absolute Gasteiger partial charge is 0.233 e. The van der Waals surface area contributed by atoms with Gasteiger partial charge in [0.1, 0.15) is 0 Å². The molecule has 1 aromatic rings. The fourth-order valence-corrected chi connectivity index (χ4v) is 1.29. The van der Waals surface area contributed by atoms with Crippen molar-refractivity contribution in [2.75, 3.05) is 20.1 Å². The predicted octanol–water partition coefficient (Wildman–Crippen LogP) is 0.398. The first-order valence-corrected chi connectivity index (χ1v) is 5.05. The van der Waals surface area contributed by atoms with Gasteiger partial charge in [-0.15, -0.1) is 12.4 Å². The first-order chi connectivity index (χ1) is 7.63. The highest BCUT2D eigenvalue weighted by Gasteiger charge is 2.02. The molecule has 5 nitrogen and oxygen atoms in total. The van der Waals surface area contributed by atoms with E-state index in [0.29, 0.717) is 19.5 Å². The number of carbonyl (C=O) groups is 1. The maximum Gasteiger partial charge on any atom is 0.233 e. The van der Waals surface area contributed by atoms with E-state index in [-0.39, 0.29) is 29.8 Å². The lowest BCUT2D eigenvalue weighted by Gasteiger charge is -2.05. The average Bonchev–Trinajstić information content (AvgIpc) is 2.24. The SMILES string of the molecule is CNCC(=O)NCCc1ccc(O)c(O)c1.Cl. The lowest BCUT2D eigenvalue weighted by molar-refractivity contribution is -0.120. The molecule has 0 saturated carbocycles. The second-order valence-corrected chi connectivity index (χ2v) is 3.45. The van der Waals surface area contributed by atoms with Gasteiger partial charge in [0.25, 0.3) is 0 Å². The highest BCUT2D eigenvalue weighted by Crippen LogP contribution is 2.24. The van der Waals surface area contributed by atoms with E-state index < -0.39 is 0 Å². The van der Waals surface area contributed by atoms with Gasteiger partial charge in [0.2, 0.25) is 5.91 Å². The van der Waals surface area contributed by atoms with Gasteiger partial charge in [-0.2, -0.15) is 0 Å². The molecule has 0 bridgehead atoms. The number of hydrogen-bond donors (Lipinski definition) is 4. The van der Waals surface area contributed by atoms with Crippen LogP contribution in [0.5, 0.6) is 11.5 Å². The van der Waals surface area contributed by atoms with E-state index >= 15 is 0 Å². The zero-order chi connectivity index (χ0) is 12.0. The van der Waals surface area contributed by atoms with E-state index in [2.05, 4.69) is 10.6 Å². The van der Waals surface area contributed by atoms with Crippen LogP contribution in [-0.2, 0) is 11.2 Å². The summed E-state index contributed by atoms with van der Waals surface area (Å²) >= 11 is 0. The van der Waals surface area contributed by atoms with Gasteiger partial charge >= 0.3 is 0 Å². The fourth-order valence-electron chi connectivity index (χ4n) is 1.29. The number of phenolic OH excluding ortho intramolecular Hbond substituents is 2. The average molecular weight is 261 g/mol. The number of amides is 1. The van der Waals surface area contributed by atoms with Crippen LogP contribution in [0.15, 0.2) is 18.2 Å². The van der Waals surface area contributed by atoms with Crippen LogP contribution in [0.2, 0.25) is 0 Å². The molecule has 0 atom stereocenters. The summed E-state index contributed by atoms with van der Waals surface area (Å²) in [5.74, 6) is -0.340. The normalized spacial score (nSPS) is 9.47. The van der Waals surface area contributed by atoms with Crippen molar-refractivity contribution in [3.8, 4) is 11.5 Å². The molecule has 4 N–H and O–H groups in total. The molecule has 0 unspecified atom stereocenters. The molecule has 1 rings (SSSR count). The van der Waals surface area contributed by atoms with E-state index in [1.807, 2.05) is 0 Å². The number of halogens is 1. The molecule has 0 aliphatic heterocycles. The van der Waals surface area contributed by atoms with E-state index in [9.17, 15) is 9.90 Å². The van der Waals surface area contributed by atoms with E-state index in [1.54, 1.807) is 13.1 Å². The minimum absolute atomic E-state index is 0. The van der Waals surface area contributed by atoms with Crippen LogP contribution in [0.3, 0.4) is 0 Å². The zero-order valence-corrected chi connectivity index (χ0v) is 10.4. The molecule has 0 aromatic heterocycles. The van der Waals surface area contributed by atoms with Crippen molar-refractivity contribution in [1.29, 1.82) is 0 Å². The van der Waals surface area contributed by atoms with Crippen LogP contribution in [-0.4, -0.2) is 36.3 Å². The van der Waals surface area contributed by atoms with E-state index in [0.717, 1.165) is 5.56 Å². The van der Waals surface area contributed by atoms with Gasteiger partial charge in [-0.1, -0.05) is 6.07 Å². The van der Waals surface area contributed by atoms with Crippen molar-refractivity contribution in [1.82, 2.24) is 10.6 Å². The van der Waals surface area contributed by atoms with Crippen LogP contribution in [0.1, 0.15) is 5.56 Å². The van der Waals surface area contributed by atoms with E-state index in [1.165, 1.54) is 12.1 Å². The summed E-state index contributed by atoms with van der Waals surface area (Å²) in [6, 6.07) is 4.62. The molecule has 0 saturated heterocycles. The second-order valence-electron chi connectivity index (χ2n) is 3.45. The van der Waals surface area contributed by atoms with Crippen LogP contribution in [0.25, 0.3) is 0 Å². The third-order valence-electron chi connectivity index (χ3n) is 2.11. The Balaban J connectivity index is 0.00000256. The molecule has 0 radical (unpaired) electrons. The second kappa shape index (κ2) is 7.76. The Kier molecular flexibility index (Phi) is 7.09. The van der Waals surface area contributed by atoms with Crippen LogP contribution in [0, 0.1) is 0 Å². The Labute approximate surface area is 106 Å². The number of aromatic hydroxyl groups is 2. The Hall–Kier alpha value is -1.46. The van der Waals surface area contributed by atoms with Crippen LogP contribution in [0.4, 0.5) is 0 Å². The molecule has 17 heavy (non-hydrogen) atoms. The fraction of sp³-hybridized carbons (Fsp3) is 0.364. The van der Waals surface area contributed by atoms with Gasteiger partial charge < -0.3 is 20.8 Å². The minimum Gasteiger partial charge on any atom is -0.504 e. The molecule has 96 valence electrons. The van der Waals surface area contributed by atoms with Gasteiger partial charge in [-0.3, -0.25) is 4.79 Å². The predicted molar refractivity (Wildman–Crippen MR) is 67.7 cm³/mol. The Morgan fingerprint density at radius 1 is 1.29 bits per heavy atom. The van der Waals surface area contributed by atoms with Crippen LogP contribution >= 0.6 is 12.4 Å². The van der Waals surface area contributed by atoms with Gasteiger partial charge in [0.05, 0.1) is 6.54 Å². The summed E-state index contributed by atoms with van der Waals surface area (Å²) in [7, 11) is 1.71. The largest absolute Gasteiger partial charge is 0.504 e. The monoisotopic (exact) mass is 260 g/mol. The Morgan fingerprint density at radius 3 is 2.59 bits per heavy atom. The summed E-state index contributed by atoms with van der Waals surface area (Å²) in [4.78, 5) is 11.1. The quantitative estimate of drug-likeness (QED) is 0.578. The van der Waals surface area contributed by atoms with E-state index in [4.69, 9.17) is 5.11 Å². The molecule has 1 aromatic carbocycles. The maximum atomic E-state index is 11.1. The summed E-state index contributed by atoms with van der Waals surface area (Å²) in [5, 5.41) is 23.8. The summed E-state index contributed by atoms with van der Waals surface area (Å²) in [6.45, 7) is 0.797. The maximum absolute atomic E-state index is 11.1. The molecule has 0 heterocycles. The molecule has 0 fully saturated rings. The highest BCUT2D eigenvalue weighted by atomic mass is 35.5. The van der Waals surface area contributed by atoms with Crippen molar-refractivity contribution < 1.29 is 15.0 Å². The zero-order valence-electron chi connectivity index (χ0n) is 9.56. The van der Waals surface area contributed by atoms with Gasteiger partial charge in [-0.25, -0.2) is 0 Å². The Morgan fingerprint density at radius 2 is 2.00 bits per heavy atom. The number of rotatable bonds is 5. The van der Waals surface area contributed by atoms with Crippen molar-refractivity contribution in [2.45, 2.75) is 6.42 Å². The number of carbonyl (C=O) groups excluding carboxylic acids is 1. The van der Waals surface area contributed by atoms with Crippen molar-refractivity contribution in [3.63, 3.8) is 0 Å². The summed E-state index contributed by atoms with van der Waals surface area (Å²) in [5.41, 5.74) is 0.861. The summed E-state index contributed by atoms with van der Waals surface area (Å²) < 4.78 is 0. The first-order valence-electron chi connectivity index (χ1n) is 5.05.